The molecular formula is C22H24NO4+. The number of ether oxygens (including phenoxy) is 2. The molecule has 1 aromatic heterocycles. The molecule has 4 rings (SSSR count). The van der Waals surface area contributed by atoms with Gasteiger partial charge in [0, 0.05) is 28.1 Å². The number of nitrogens with one attached hydrogen (secondary N) is 1. The summed E-state index contributed by atoms with van der Waals surface area (Å²) in [6, 6.07) is 11.9. The lowest BCUT2D eigenvalue weighted by Crippen LogP contribution is -3.10. The number of hydrogen-bond donors (Lipinski definition) is 1. The van der Waals surface area contributed by atoms with Crippen LogP contribution in [0.25, 0.3) is 11.0 Å². The van der Waals surface area contributed by atoms with Crippen molar-refractivity contribution in [1.29, 1.82) is 0 Å². The molecule has 1 aliphatic rings. The molecule has 0 radical (unpaired) electrons. The minimum atomic E-state index is -0.302. The first-order valence-corrected chi connectivity index (χ1v) is 9.27. The summed E-state index contributed by atoms with van der Waals surface area (Å²) in [5, 5.41) is 1.01. The Bertz CT molecular complexity index is 1050. The average Bonchev–Trinajstić information content (AvgIpc) is 2.68. The fourth-order valence-electron chi connectivity index (χ4n) is 3.88. The second kappa shape index (κ2) is 7.08. The van der Waals surface area contributed by atoms with Crippen molar-refractivity contribution < 1.29 is 18.8 Å². The van der Waals surface area contributed by atoms with Crippen molar-refractivity contribution in [2.45, 2.75) is 33.4 Å². The molecule has 0 saturated carbocycles. The zero-order valence-corrected chi connectivity index (χ0v) is 15.9. The van der Waals surface area contributed by atoms with Gasteiger partial charge in [-0.25, -0.2) is 4.79 Å². The number of aryl methyl sites for hydroxylation is 2. The lowest BCUT2D eigenvalue weighted by molar-refractivity contribution is -0.945. The number of hydrogen-bond acceptors (Lipinski definition) is 4. The third-order valence-electron chi connectivity index (χ3n) is 5.21. The molecule has 0 bridgehead atoms. The van der Waals surface area contributed by atoms with E-state index in [9.17, 15) is 4.79 Å². The maximum absolute atomic E-state index is 11.9. The molecule has 27 heavy (non-hydrogen) atoms. The van der Waals surface area contributed by atoms with Crippen LogP contribution in [0.15, 0.2) is 45.6 Å². The summed E-state index contributed by atoms with van der Waals surface area (Å²) in [4.78, 5) is 13.2. The normalized spacial score (nSPS) is 16.0. The topological polar surface area (TPSA) is 53.1 Å². The molecule has 0 amide bonds. The highest BCUT2D eigenvalue weighted by Gasteiger charge is 2.25. The van der Waals surface area contributed by atoms with Crippen LogP contribution in [0.5, 0.6) is 11.5 Å². The predicted molar refractivity (Wildman–Crippen MR) is 103 cm³/mol. The Morgan fingerprint density at radius 3 is 2.85 bits per heavy atom. The molecule has 5 heteroatoms. The highest BCUT2D eigenvalue weighted by atomic mass is 16.5. The third-order valence-corrected chi connectivity index (χ3v) is 5.21. The van der Waals surface area contributed by atoms with E-state index in [-0.39, 0.29) is 5.63 Å². The summed E-state index contributed by atoms with van der Waals surface area (Å²) in [6.45, 7) is 6.33. The van der Waals surface area contributed by atoms with Crippen molar-refractivity contribution in [3.63, 3.8) is 0 Å². The standard InChI is InChI=1S/C22H23NO4/c1-4-16-10-20(24)27-22-14(2)21-17(9-19(16)22)12-23(13-26-21)11-15-6-5-7-18(8-15)25-3/h5-10H,4,11-13H2,1-3H3/p+1. The fraction of sp³-hybridized carbons (Fsp3) is 0.318. The van der Waals surface area contributed by atoms with E-state index in [4.69, 9.17) is 13.9 Å². The largest absolute Gasteiger partial charge is 0.497 e. The van der Waals surface area contributed by atoms with Gasteiger partial charge in [-0.1, -0.05) is 19.1 Å². The predicted octanol–water partition coefficient (Wildman–Crippen LogP) is 2.61. The molecule has 1 aliphatic heterocycles. The number of rotatable bonds is 4. The summed E-state index contributed by atoms with van der Waals surface area (Å²) in [5.74, 6) is 1.72. The van der Waals surface area contributed by atoms with Gasteiger partial charge in [0.05, 0.1) is 7.11 Å². The van der Waals surface area contributed by atoms with Crippen LogP contribution in [0.3, 0.4) is 0 Å². The SMILES string of the molecule is CCc1cc(=O)oc2c(C)c3c(cc12)C[NH+](Cc1cccc(OC)c1)CO3. The molecular weight excluding hydrogens is 342 g/mol. The Kier molecular flexibility index (Phi) is 4.62. The maximum Gasteiger partial charge on any atom is 0.336 e. The summed E-state index contributed by atoms with van der Waals surface area (Å²) in [7, 11) is 1.68. The van der Waals surface area contributed by atoms with Crippen molar-refractivity contribution in [3.05, 3.63) is 69.1 Å². The van der Waals surface area contributed by atoms with Crippen LogP contribution in [0.4, 0.5) is 0 Å². The molecule has 2 aromatic carbocycles. The maximum atomic E-state index is 11.9. The van der Waals surface area contributed by atoms with Crippen LogP contribution in [-0.2, 0) is 19.5 Å². The zero-order valence-electron chi connectivity index (χ0n) is 15.9. The van der Waals surface area contributed by atoms with E-state index in [0.717, 1.165) is 53.1 Å². The fourth-order valence-corrected chi connectivity index (χ4v) is 3.88. The van der Waals surface area contributed by atoms with Crippen LogP contribution in [0.1, 0.15) is 29.2 Å². The molecule has 0 aliphatic carbocycles. The van der Waals surface area contributed by atoms with Gasteiger partial charge < -0.3 is 13.9 Å². The van der Waals surface area contributed by atoms with Crippen molar-refractivity contribution in [2.75, 3.05) is 13.8 Å². The van der Waals surface area contributed by atoms with Gasteiger partial charge in [0.15, 0.2) is 0 Å². The number of fused-ring (bicyclic) bond motifs is 2. The van der Waals surface area contributed by atoms with Gasteiger partial charge in [-0.15, -0.1) is 0 Å². The van der Waals surface area contributed by atoms with Crippen LogP contribution in [0.2, 0.25) is 0 Å². The van der Waals surface area contributed by atoms with Crippen LogP contribution >= 0.6 is 0 Å². The minimum absolute atomic E-state index is 0.302. The van der Waals surface area contributed by atoms with Crippen molar-refractivity contribution in [3.8, 4) is 11.5 Å². The molecule has 2 heterocycles. The smallest absolute Gasteiger partial charge is 0.336 e. The van der Waals surface area contributed by atoms with E-state index in [1.807, 2.05) is 19.1 Å². The third kappa shape index (κ3) is 3.30. The monoisotopic (exact) mass is 366 g/mol. The van der Waals surface area contributed by atoms with Crippen LogP contribution < -0.4 is 20.0 Å². The average molecular weight is 366 g/mol. The second-order valence-electron chi connectivity index (χ2n) is 7.05. The van der Waals surface area contributed by atoms with E-state index >= 15 is 0 Å². The van der Waals surface area contributed by atoms with E-state index in [2.05, 4.69) is 25.1 Å². The Morgan fingerprint density at radius 2 is 2.07 bits per heavy atom. The highest BCUT2D eigenvalue weighted by Crippen LogP contribution is 2.33. The van der Waals surface area contributed by atoms with Gasteiger partial charge in [-0.2, -0.15) is 0 Å². The van der Waals surface area contributed by atoms with Gasteiger partial charge in [-0.05, 0) is 37.1 Å². The highest BCUT2D eigenvalue weighted by molar-refractivity contribution is 5.86. The first-order chi connectivity index (χ1) is 13.1. The summed E-state index contributed by atoms with van der Waals surface area (Å²) in [6.07, 6.45) is 0.793. The van der Waals surface area contributed by atoms with Gasteiger partial charge in [0.2, 0.25) is 6.73 Å². The summed E-state index contributed by atoms with van der Waals surface area (Å²) >= 11 is 0. The Hall–Kier alpha value is -2.79. The number of quaternary nitrogens is 1. The zero-order chi connectivity index (χ0) is 19.0. The van der Waals surface area contributed by atoms with Gasteiger partial charge in [0.1, 0.15) is 30.2 Å². The van der Waals surface area contributed by atoms with Crippen molar-refractivity contribution in [2.24, 2.45) is 0 Å². The van der Waals surface area contributed by atoms with E-state index < -0.39 is 0 Å². The van der Waals surface area contributed by atoms with Gasteiger partial charge in [0.25, 0.3) is 0 Å². The minimum Gasteiger partial charge on any atom is -0.497 e. The second-order valence-corrected chi connectivity index (χ2v) is 7.05. The first kappa shape index (κ1) is 17.6. The quantitative estimate of drug-likeness (QED) is 0.721. The summed E-state index contributed by atoms with van der Waals surface area (Å²) in [5.41, 5.74) is 4.65. The molecule has 1 N–H and O–H groups in total. The first-order valence-electron chi connectivity index (χ1n) is 9.27. The molecule has 3 aromatic rings. The molecule has 0 saturated heterocycles. The van der Waals surface area contributed by atoms with Crippen molar-refractivity contribution in [1.82, 2.24) is 0 Å². The van der Waals surface area contributed by atoms with E-state index in [1.165, 1.54) is 10.5 Å². The van der Waals surface area contributed by atoms with E-state index in [1.54, 1.807) is 13.2 Å². The van der Waals surface area contributed by atoms with Gasteiger partial charge in [-0.3, -0.25) is 4.90 Å². The Morgan fingerprint density at radius 1 is 1.22 bits per heavy atom. The molecule has 1 atom stereocenters. The molecule has 0 spiro atoms. The Balaban J connectivity index is 1.68. The molecule has 5 nitrogen and oxygen atoms in total. The lowest BCUT2D eigenvalue weighted by Gasteiger charge is -2.28. The number of benzene rings is 2. The lowest BCUT2D eigenvalue weighted by atomic mass is 9.99. The molecule has 1 unspecified atom stereocenters. The molecule has 140 valence electrons. The summed E-state index contributed by atoms with van der Waals surface area (Å²) < 4.78 is 16.9. The molecule has 0 fully saturated rings. The number of methoxy groups -OCH3 is 1. The van der Waals surface area contributed by atoms with Crippen molar-refractivity contribution >= 4 is 11.0 Å². The van der Waals surface area contributed by atoms with E-state index in [0.29, 0.717) is 12.3 Å². The Labute approximate surface area is 158 Å². The van der Waals surface area contributed by atoms with Crippen LogP contribution in [0, 0.1) is 6.92 Å². The van der Waals surface area contributed by atoms with Crippen LogP contribution in [-0.4, -0.2) is 13.8 Å². The van der Waals surface area contributed by atoms with Gasteiger partial charge >= 0.3 is 5.63 Å².